The average Bonchev–Trinajstić information content (AvgIpc) is 2.29. The van der Waals surface area contributed by atoms with Crippen molar-refractivity contribution >= 4 is 11.6 Å². The lowest BCUT2D eigenvalue weighted by molar-refractivity contribution is 0.420. The van der Waals surface area contributed by atoms with Crippen molar-refractivity contribution in [2.24, 2.45) is 7.05 Å². The highest BCUT2D eigenvalue weighted by atomic mass is 35.5. The monoisotopic (exact) mass is 252 g/mol. The third kappa shape index (κ3) is 1.97. The van der Waals surface area contributed by atoms with E-state index < -0.39 is 11.2 Å². The fourth-order valence-electron chi connectivity index (χ4n) is 1.49. The van der Waals surface area contributed by atoms with Crippen molar-refractivity contribution in [2.75, 3.05) is 0 Å². The number of aromatic hydroxyl groups is 1. The second kappa shape index (κ2) is 4.10. The number of nitrogens with zero attached hydrogens (tertiary/aromatic N) is 1. The zero-order valence-corrected chi connectivity index (χ0v) is 9.65. The van der Waals surface area contributed by atoms with E-state index in [0.717, 1.165) is 4.57 Å². The van der Waals surface area contributed by atoms with Crippen LogP contribution < -0.4 is 11.2 Å². The van der Waals surface area contributed by atoms with Gasteiger partial charge in [-0.05, 0) is 17.7 Å². The maximum atomic E-state index is 11.6. The maximum absolute atomic E-state index is 11.6. The van der Waals surface area contributed by atoms with Gasteiger partial charge in [0.15, 0.2) is 0 Å². The van der Waals surface area contributed by atoms with Crippen molar-refractivity contribution in [3.05, 3.63) is 50.1 Å². The summed E-state index contributed by atoms with van der Waals surface area (Å²) in [5, 5.41) is 10.3. The van der Waals surface area contributed by atoms with Gasteiger partial charge < -0.3 is 5.11 Å². The van der Waals surface area contributed by atoms with E-state index in [1.54, 1.807) is 24.3 Å². The van der Waals surface area contributed by atoms with Crippen LogP contribution in [0.3, 0.4) is 0 Å². The smallest absolute Gasteiger partial charge is 0.330 e. The molecular formula is C11H9ClN2O3. The molecule has 0 bridgehead atoms. The molecule has 1 aromatic heterocycles. The number of halogens is 1. The maximum Gasteiger partial charge on any atom is 0.330 e. The highest BCUT2D eigenvalue weighted by Crippen LogP contribution is 2.24. The molecule has 0 aliphatic heterocycles. The molecule has 0 fully saturated rings. The molecular weight excluding hydrogens is 244 g/mol. The molecule has 1 heterocycles. The first-order chi connectivity index (χ1) is 8.00. The summed E-state index contributed by atoms with van der Waals surface area (Å²) in [7, 11) is 1.37. The molecule has 0 saturated heterocycles. The molecule has 0 aliphatic rings. The molecule has 0 atom stereocenters. The Kier molecular flexibility index (Phi) is 2.77. The first kappa shape index (κ1) is 11.5. The van der Waals surface area contributed by atoms with Crippen LogP contribution in [0.2, 0.25) is 5.02 Å². The highest BCUT2D eigenvalue weighted by molar-refractivity contribution is 6.30. The molecule has 88 valence electrons. The van der Waals surface area contributed by atoms with Gasteiger partial charge >= 0.3 is 5.69 Å². The van der Waals surface area contributed by atoms with Crippen molar-refractivity contribution in [3.63, 3.8) is 0 Å². The van der Waals surface area contributed by atoms with E-state index in [1.807, 2.05) is 0 Å². The molecule has 0 spiro atoms. The van der Waals surface area contributed by atoms with E-state index in [2.05, 4.69) is 4.98 Å². The molecule has 0 saturated carbocycles. The van der Waals surface area contributed by atoms with Crippen LogP contribution in [-0.4, -0.2) is 14.7 Å². The number of hydrogen-bond donors (Lipinski definition) is 2. The number of benzene rings is 1. The lowest BCUT2D eigenvalue weighted by atomic mass is 10.1. The van der Waals surface area contributed by atoms with Gasteiger partial charge in [-0.3, -0.25) is 14.3 Å². The molecule has 0 amide bonds. The first-order valence-corrected chi connectivity index (χ1v) is 5.16. The number of aromatic nitrogens is 2. The summed E-state index contributed by atoms with van der Waals surface area (Å²) >= 11 is 5.73. The molecule has 0 radical (unpaired) electrons. The Hall–Kier alpha value is -2.01. The molecule has 6 heteroatoms. The quantitative estimate of drug-likeness (QED) is 0.798. The number of rotatable bonds is 1. The van der Waals surface area contributed by atoms with Crippen molar-refractivity contribution < 1.29 is 5.11 Å². The Labute approximate surface area is 101 Å². The Bertz CT molecular complexity index is 671. The number of aromatic amines is 1. The summed E-state index contributed by atoms with van der Waals surface area (Å²) in [6.07, 6.45) is 0. The third-order valence-corrected chi connectivity index (χ3v) is 2.68. The van der Waals surface area contributed by atoms with Crippen LogP contribution in [0.15, 0.2) is 33.9 Å². The zero-order chi connectivity index (χ0) is 12.6. The fourth-order valence-corrected chi connectivity index (χ4v) is 1.61. The average molecular weight is 253 g/mol. The largest absolute Gasteiger partial charge is 0.494 e. The first-order valence-electron chi connectivity index (χ1n) is 4.79. The van der Waals surface area contributed by atoms with Gasteiger partial charge in [-0.15, -0.1) is 0 Å². The van der Waals surface area contributed by atoms with Crippen molar-refractivity contribution in [1.29, 1.82) is 0 Å². The predicted octanol–water partition coefficient (Wildman–Crippen LogP) is 1.10. The highest BCUT2D eigenvalue weighted by Gasteiger charge is 2.13. The second-order valence-corrected chi connectivity index (χ2v) is 3.96. The summed E-state index contributed by atoms with van der Waals surface area (Å²) in [6, 6.07) is 6.38. The SMILES string of the molecule is Cn1c(O)c(-c2ccc(Cl)cc2)c(=O)[nH]c1=O. The lowest BCUT2D eigenvalue weighted by Crippen LogP contribution is -2.29. The van der Waals surface area contributed by atoms with Gasteiger partial charge in [0.1, 0.15) is 5.56 Å². The summed E-state index contributed by atoms with van der Waals surface area (Å²) < 4.78 is 0.964. The van der Waals surface area contributed by atoms with Crippen molar-refractivity contribution in [1.82, 2.24) is 9.55 Å². The Morgan fingerprint density at radius 1 is 1.24 bits per heavy atom. The molecule has 17 heavy (non-hydrogen) atoms. The van der Waals surface area contributed by atoms with E-state index >= 15 is 0 Å². The topological polar surface area (TPSA) is 75.1 Å². The summed E-state index contributed by atoms with van der Waals surface area (Å²) in [5.41, 5.74) is -0.759. The summed E-state index contributed by atoms with van der Waals surface area (Å²) in [5.74, 6) is -0.374. The van der Waals surface area contributed by atoms with Crippen LogP contribution in [0, 0.1) is 0 Å². The van der Waals surface area contributed by atoms with E-state index in [0.29, 0.717) is 10.6 Å². The summed E-state index contributed by atoms with van der Waals surface area (Å²) in [6.45, 7) is 0. The van der Waals surface area contributed by atoms with Crippen LogP contribution >= 0.6 is 11.6 Å². The zero-order valence-electron chi connectivity index (χ0n) is 8.90. The van der Waals surface area contributed by atoms with Crippen LogP contribution in [0.25, 0.3) is 11.1 Å². The van der Waals surface area contributed by atoms with E-state index in [9.17, 15) is 14.7 Å². The van der Waals surface area contributed by atoms with E-state index in [4.69, 9.17) is 11.6 Å². The molecule has 0 aliphatic carbocycles. The number of H-pyrrole nitrogens is 1. The Balaban J connectivity index is 2.76. The normalized spacial score (nSPS) is 10.5. The minimum Gasteiger partial charge on any atom is -0.494 e. The number of nitrogens with one attached hydrogen (secondary N) is 1. The van der Waals surface area contributed by atoms with Crippen molar-refractivity contribution in [3.8, 4) is 17.0 Å². The van der Waals surface area contributed by atoms with Gasteiger partial charge in [-0.1, -0.05) is 23.7 Å². The Morgan fingerprint density at radius 2 is 1.82 bits per heavy atom. The van der Waals surface area contributed by atoms with Gasteiger partial charge in [0.25, 0.3) is 5.56 Å². The van der Waals surface area contributed by atoms with E-state index in [1.165, 1.54) is 7.05 Å². The van der Waals surface area contributed by atoms with Crippen LogP contribution in [0.1, 0.15) is 0 Å². The third-order valence-electron chi connectivity index (χ3n) is 2.43. The van der Waals surface area contributed by atoms with Gasteiger partial charge in [-0.25, -0.2) is 4.79 Å². The van der Waals surface area contributed by atoms with Gasteiger partial charge in [0.05, 0.1) is 0 Å². The van der Waals surface area contributed by atoms with Crippen molar-refractivity contribution in [2.45, 2.75) is 0 Å². The van der Waals surface area contributed by atoms with Crippen LogP contribution in [-0.2, 0) is 7.05 Å². The fraction of sp³-hybridized carbons (Fsp3) is 0.0909. The standard InChI is InChI=1S/C11H9ClN2O3/c1-14-10(16)8(9(15)13-11(14)17)6-2-4-7(12)5-3-6/h2-5,16H,1H3,(H,13,15,17). The molecule has 2 rings (SSSR count). The molecule has 1 aromatic carbocycles. The van der Waals surface area contributed by atoms with E-state index in [-0.39, 0.29) is 11.4 Å². The van der Waals surface area contributed by atoms with Crippen LogP contribution in [0.4, 0.5) is 0 Å². The van der Waals surface area contributed by atoms with Crippen LogP contribution in [0.5, 0.6) is 5.88 Å². The van der Waals surface area contributed by atoms with Gasteiger partial charge in [0.2, 0.25) is 5.88 Å². The minimum atomic E-state index is -0.662. The molecule has 5 nitrogen and oxygen atoms in total. The molecule has 0 unspecified atom stereocenters. The second-order valence-electron chi connectivity index (χ2n) is 3.52. The Morgan fingerprint density at radius 3 is 2.41 bits per heavy atom. The van der Waals surface area contributed by atoms with Gasteiger partial charge in [-0.2, -0.15) is 0 Å². The van der Waals surface area contributed by atoms with Gasteiger partial charge in [0, 0.05) is 12.1 Å². The molecule has 2 N–H and O–H groups in total. The minimum absolute atomic E-state index is 0.0452. The molecule has 2 aromatic rings. The predicted molar refractivity (Wildman–Crippen MR) is 64.4 cm³/mol. The lowest BCUT2D eigenvalue weighted by Gasteiger charge is -2.07. The summed E-state index contributed by atoms with van der Waals surface area (Å²) in [4.78, 5) is 25.0. The number of hydrogen-bond acceptors (Lipinski definition) is 3.